The second-order valence-electron chi connectivity index (χ2n) is 6.68. The minimum absolute atomic E-state index is 0.000364. The van der Waals surface area contributed by atoms with Gasteiger partial charge in [-0.3, -0.25) is 14.2 Å². The highest BCUT2D eigenvalue weighted by molar-refractivity contribution is 5.92. The first-order valence-corrected chi connectivity index (χ1v) is 8.79. The summed E-state index contributed by atoms with van der Waals surface area (Å²) in [5.74, 6) is -0.631. The van der Waals surface area contributed by atoms with Crippen molar-refractivity contribution >= 4 is 28.2 Å². The monoisotopic (exact) mass is 404 g/mol. The molecule has 0 saturated carbocycles. The van der Waals surface area contributed by atoms with Crippen LogP contribution in [0.15, 0.2) is 53.6 Å². The quantitative estimate of drug-likeness (QED) is 0.707. The van der Waals surface area contributed by atoms with Crippen LogP contribution in [-0.2, 0) is 17.5 Å². The predicted molar refractivity (Wildman–Crippen MR) is 105 cm³/mol. The number of para-hydroxylation sites is 1. The molecular weight excluding hydrogens is 385 g/mol. The van der Waals surface area contributed by atoms with E-state index < -0.39 is 17.6 Å². The lowest BCUT2D eigenvalue weighted by Crippen LogP contribution is -2.24. The Hall–Kier alpha value is -3.36. The second kappa shape index (κ2) is 7.94. The van der Waals surface area contributed by atoms with Crippen molar-refractivity contribution in [3.63, 3.8) is 0 Å². The van der Waals surface area contributed by atoms with Gasteiger partial charge in [-0.05, 0) is 30.3 Å². The van der Waals surface area contributed by atoms with Crippen molar-refractivity contribution in [2.24, 2.45) is 0 Å². The Labute approximate surface area is 164 Å². The summed E-state index contributed by atoms with van der Waals surface area (Å²) in [5, 5.41) is 2.71. The Bertz CT molecular complexity index is 1110. The third-order valence-corrected chi connectivity index (χ3v) is 4.41. The number of amides is 1. The molecule has 9 heteroatoms. The van der Waals surface area contributed by atoms with E-state index in [1.165, 1.54) is 23.0 Å². The van der Waals surface area contributed by atoms with Gasteiger partial charge in [0.2, 0.25) is 5.91 Å². The Morgan fingerprint density at radius 3 is 2.59 bits per heavy atom. The maximum absolute atomic E-state index is 13.4. The number of aromatic nitrogens is 2. The molecule has 0 bridgehead atoms. The van der Waals surface area contributed by atoms with Gasteiger partial charge in [0.25, 0.3) is 5.56 Å². The molecule has 29 heavy (non-hydrogen) atoms. The zero-order chi connectivity index (χ0) is 21.2. The van der Waals surface area contributed by atoms with Crippen LogP contribution in [0.2, 0.25) is 0 Å². The molecule has 0 saturated heterocycles. The summed E-state index contributed by atoms with van der Waals surface area (Å²) in [5.41, 5.74) is -0.661. The Balaban J connectivity index is 1.76. The van der Waals surface area contributed by atoms with Crippen LogP contribution in [0.4, 0.5) is 24.5 Å². The lowest BCUT2D eigenvalue weighted by molar-refractivity contribution is -0.136. The molecule has 0 aliphatic carbocycles. The van der Waals surface area contributed by atoms with E-state index in [4.69, 9.17) is 0 Å². The summed E-state index contributed by atoms with van der Waals surface area (Å²) >= 11 is 0. The summed E-state index contributed by atoms with van der Waals surface area (Å²) in [6.07, 6.45) is -3.47. The van der Waals surface area contributed by atoms with Crippen LogP contribution in [0.3, 0.4) is 0 Å². The number of anilines is 2. The molecule has 1 heterocycles. The van der Waals surface area contributed by atoms with Crippen molar-refractivity contribution in [3.05, 3.63) is 64.7 Å². The lowest BCUT2D eigenvalue weighted by atomic mass is 10.1. The first-order chi connectivity index (χ1) is 13.7. The summed E-state index contributed by atoms with van der Waals surface area (Å²) < 4.78 is 41.4. The van der Waals surface area contributed by atoms with Crippen LogP contribution in [0.5, 0.6) is 0 Å². The number of benzene rings is 2. The number of alkyl halides is 3. The van der Waals surface area contributed by atoms with Gasteiger partial charge in [-0.15, -0.1) is 0 Å². The fourth-order valence-electron chi connectivity index (χ4n) is 2.85. The van der Waals surface area contributed by atoms with E-state index in [1.807, 2.05) is 0 Å². The zero-order valence-corrected chi connectivity index (χ0v) is 15.8. The molecule has 0 radical (unpaired) electrons. The van der Waals surface area contributed by atoms with Gasteiger partial charge < -0.3 is 10.2 Å². The van der Waals surface area contributed by atoms with Crippen molar-refractivity contribution in [3.8, 4) is 0 Å². The molecule has 152 valence electrons. The second-order valence-corrected chi connectivity index (χ2v) is 6.68. The normalized spacial score (nSPS) is 11.5. The van der Waals surface area contributed by atoms with Crippen LogP contribution in [0, 0.1) is 0 Å². The largest absolute Gasteiger partial charge is 0.418 e. The van der Waals surface area contributed by atoms with E-state index in [0.717, 1.165) is 6.07 Å². The number of fused-ring (bicyclic) bond motifs is 1. The number of rotatable bonds is 5. The van der Waals surface area contributed by atoms with Gasteiger partial charge in [-0.1, -0.05) is 12.1 Å². The van der Waals surface area contributed by atoms with Crippen LogP contribution in [0.25, 0.3) is 10.9 Å². The number of hydrogen-bond acceptors (Lipinski definition) is 4. The van der Waals surface area contributed by atoms with E-state index in [-0.39, 0.29) is 24.2 Å². The molecule has 3 rings (SSSR count). The van der Waals surface area contributed by atoms with Gasteiger partial charge in [0.15, 0.2) is 0 Å². The number of carbonyl (C=O) groups is 1. The van der Waals surface area contributed by atoms with Crippen molar-refractivity contribution in [1.82, 2.24) is 9.55 Å². The Morgan fingerprint density at radius 2 is 1.90 bits per heavy atom. The van der Waals surface area contributed by atoms with Crippen LogP contribution < -0.4 is 15.8 Å². The number of halogens is 3. The van der Waals surface area contributed by atoms with E-state index in [0.29, 0.717) is 16.6 Å². The molecule has 3 aromatic rings. The standard InChI is InChI=1S/C20H19F3N4O2/c1-26(2)13-7-8-17(15(11-13)20(21,22)23)25-18(28)9-10-27-12-24-16-6-4-3-5-14(16)19(27)29/h3-8,11-12H,9-10H2,1-2H3,(H,25,28). The lowest BCUT2D eigenvalue weighted by Gasteiger charge is -2.18. The maximum atomic E-state index is 13.4. The molecule has 0 fully saturated rings. The minimum atomic E-state index is -4.62. The molecule has 1 N–H and O–H groups in total. The first kappa shape index (κ1) is 20.4. The molecule has 0 aliphatic rings. The summed E-state index contributed by atoms with van der Waals surface area (Å²) in [4.78, 5) is 30.4. The molecule has 0 atom stereocenters. The number of aryl methyl sites for hydroxylation is 1. The van der Waals surface area contributed by atoms with Crippen LogP contribution >= 0.6 is 0 Å². The molecule has 0 unspecified atom stereocenters. The highest BCUT2D eigenvalue weighted by Gasteiger charge is 2.34. The molecule has 6 nitrogen and oxygen atoms in total. The highest BCUT2D eigenvalue weighted by atomic mass is 19.4. The smallest absolute Gasteiger partial charge is 0.378 e. The summed E-state index contributed by atoms with van der Waals surface area (Å²) in [7, 11) is 3.26. The van der Waals surface area contributed by atoms with E-state index >= 15 is 0 Å². The van der Waals surface area contributed by atoms with Crippen molar-refractivity contribution in [2.45, 2.75) is 19.1 Å². The van der Waals surface area contributed by atoms with Gasteiger partial charge in [-0.25, -0.2) is 4.98 Å². The van der Waals surface area contributed by atoms with Crippen LogP contribution in [0.1, 0.15) is 12.0 Å². The predicted octanol–water partition coefficient (Wildman–Crippen LogP) is 3.51. The molecule has 0 aliphatic heterocycles. The molecular formula is C20H19F3N4O2. The fourth-order valence-corrected chi connectivity index (χ4v) is 2.85. The summed E-state index contributed by atoms with van der Waals surface area (Å²) in [6.45, 7) is -0.000364. The molecule has 0 spiro atoms. The molecule has 1 amide bonds. The fraction of sp³-hybridized carbons (Fsp3) is 0.250. The van der Waals surface area contributed by atoms with Gasteiger partial charge in [0.1, 0.15) is 0 Å². The third-order valence-electron chi connectivity index (χ3n) is 4.41. The maximum Gasteiger partial charge on any atom is 0.418 e. The van der Waals surface area contributed by atoms with Gasteiger partial charge in [0, 0.05) is 32.7 Å². The van der Waals surface area contributed by atoms with Gasteiger partial charge >= 0.3 is 6.18 Å². The van der Waals surface area contributed by atoms with Crippen molar-refractivity contribution < 1.29 is 18.0 Å². The average Bonchev–Trinajstić information content (AvgIpc) is 2.67. The van der Waals surface area contributed by atoms with Gasteiger partial charge in [0.05, 0.1) is 28.5 Å². The van der Waals surface area contributed by atoms with E-state index in [2.05, 4.69) is 10.3 Å². The number of carbonyl (C=O) groups excluding carboxylic acids is 1. The Morgan fingerprint density at radius 1 is 1.17 bits per heavy atom. The summed E-state index contributed by atoms with van der Waals surface area (Å²) in [6, 6.07) is 10.5. The minimum Gasteiger partial charge on any atom is -0.378 e. The Kier molecular flexibility index (Phi) is 5.58. The van der Waals surface area contributed by atoms with Gasteiger partial charge in [-0.2, -0.15) is 13.2 Å². The topological polar surface area (TPSA) is 67.2 Å². The number of nitrogens with zero attached hydrogens (tertiary/aromatic N) is 3. The van der Waals surface area contributed by atoms with Crippen molar-refractivity contribution in [2.75, 3.05) is 24.3 Å². The van der Waals surface area contributed by atoms with Crippen LogP contribution in [-0.4, -0.2) is 29.6 Å². The van der Waals surface area contributed by atoms with E-state index in [9.17, 15) is 22.8 Å². The average molecular weight is 404 g/mol. The number of nitrogens with one attached hydrogen (secondary N) is 1. The molecule has 1 aromatic heterocycles. The highest BCUT2D eigenvalue weighted by Crippen LogP contribution is 2.37. The number of hydrogen-bond donors (Lipinski definition) is 1. The van der Waals surface area contributed by atoms with E-state index in [1.54, 1.807) is 43.3 Å². The zero-order valence-electron chi connectivity index (χ0n) is 15.8. The van der Waals surface area contributed by atoms with Crippen molar-refractivity contribution in [1.29, 1.82) is 0 Å². The SMILES string of the molecule is CN(C)c1ccc(NC(=O)CCn2cnc3ccccc3c2=O)c(C(F)(F)F)c1. The first-order valence-electron chi connectivity index (χ1n) is 8.79. The molecule has 2 aromatic carbocycles. The third kappa shape index (κ3) is 4.56.